The van der Waals surface area contributed by atoms with Gasteiger partial charge in [0.05, 0.1) is 0 Å². The predicted molar refractivity (Wildman–Crippen MR) is 136 cm³/mol. The maximum absolute atomic E-state index is 13.2. The van der Waals surface area contributed by atoms with Gasteiger partial charge in [0.15, 0.2) is 0 Å². The highest BCUT2D eigenvalue weighted by Gasteiger charge is 2.29. The minimum absolute atomic E-state index is 0.0678. The summed E-state index contributed by atoms with van der Waals surface area (Å²) in [7, 11) is 0. The molecular formula is C25H32N4O5S. The SMILES string of the molecule is CSCC[C@H](NC(=O)[C@H](Cc1ccc(O)cc1)NC(=O)[C@H](Cc1ccccc1)NC(C)=O)C(N)=O. The fraction of sp³-hybridized carbons (Fsp3) is 0.360. The monoisotopic (exact) mass is 500 g/mol. The molecule has 0 saturated carbocycles. The number of nitrogens with two attached hydrogens (primary N) is 1. The second-order valence-electron chi connectivity index (χ2n) is 8.12. The lowest BCUT2D eigenvalue weighted by Gasteiger charge is -2.25. The number of carbonyl (C=O) groups excluding carboxylic acids is 4. The van der Waals surface area contributed by atoms with Crippen molar-refractivity contribution < 1.29 is 24.3 Å². The van der Waals surface area contributed by atoms with Gasteiger partial charge in [0.25, 0.3) is 0 Å². The summed E-state index contributed by atoms with van der Waals surface area (Å²) in [4.78, 5) is 50.0. The molecule has 0 radical (unpaired) electrons. The van der Waals surface area contributed by atoms with Crippen LogP contribution in [0.4, 0.5) is 0 Å². The Morgan fingerprint density at radius 2 is 1.34 bits per heavy atom. The lowest BCUT2D eigenvalue weighted by Crippen LogP contribution is -2.57. The molecule has 0 aliphatic carbocycles. The van der Waals surface area contributed by atoms with Gasteiger partial charge in [-0.05, 0) is 41.7 Å². The average Bonchev–Trinajstić information content (AvgIpc) is 2.82. The Morgan fingerprint density at radius 3 is 1.86 bits per heavy atom. The van der Waals surface area contributed by atoms with E-state index in [-0.39, 0.29) is 24.5 Å². The van der Waals surface area contributed by atoms with Crippen LogP contribution in [0, 0.1) is 0 Å². The Labute approximate surface area is 209 Å². The van der Waals surface area contributed by atoms with Crippen molar-refractivity contribution in [1.82, 2.24) is 16.0 Å². The molecule has 0 heterocycles. The molecule has 0 fully saturated rings. The average molecular weight is 501 g/mol. The summed E-state index contributed by atoms with van der Waals surface area (Å²) in [5.41, 5.74) is 6.98. The zero-order valence-corrected chi connectivity index (χ0v) is 20.6. The van der Waals surface area contributed by atoms with Gasteiger partial charge in [-0.3, -0.25) is 19.2 Å². The van der Waals surface area contributed by atoms with Crippen LogP contribution in [0.15, 0.2) is 54.6 Å². The summed E-state index contributed by atoms with van der Waals surface area (Å²) in [6, 6.07) is 12.6. The fourth-order valence-corrected chi connectivity index (χ4v) is 3.92. The van der Waals surface area contributed by atoms with Crippen molar-refractivity contribution in [2.75, 3.05) is 12.0 Å². The smallest absolute Gasteiger partial charge is 0.243 e. The first kappa shape index (κ1) is 27.7. The van der Waals surface area contributed by atoms with Crippen LogP contribution in [0.5, 0.6) is 5.75 Å². The first-order valence-corrected chi connectivity index (χ1v) is 12.6. The molecule has 35 heavy (non-hydrogen) atoms. The Morgan fingerprint density at radius 1 is 0.829 bits per heavy atom. The number of amides is 4. The van der Waals surface area contributed by atoms with Gasteiger partial charge < -0.3 is 26.8 Å². The Kier molecular flexibility index (Phi) is 11.1. The minimum atomic E-state index is -1.05. The maximum atomic E-state index is 13.2. The second-order valence-corrected chi connectivity index (χ2v) is 9.11. The molecule has 10 heteroatoms. The highest BCUT2D eigenvalue weighted by Crippen LogP contribution is 2.12. The first-order valence-electron chi connectivity index (χ1n) is 11.2. The van der Waals surface area contributed by atoms with Gasteiger partial charge in [0.2, 0.25) is 23.6 Å². The lowest BCUT2D eigenvalue weighted by atomic mass is 10.0. The molecule has 0 unspecified atom stereocenters. The number of carbonyl (C=O) groups is 4. The molecule has 6 N–H and O–H groups in total. The number of hydrogen-bond donors (Lipinski definition) is 5. The molecule has 0 aliphatic heterocycles. The van der Waals surface area contributed by atoms with Crippen LogP contribution in [-0.2, 0) is 32.0 Å². The summed E-state index contributed by atoms with van der Waals surface area (Å²) in [5.74, 6) is -1.47. The van der Waals surface area contributed by atoms with Gasteiger partial charge in [-0.25, -0.2) is 0 Å². The molecule has 9 nitrogen and oxygen atoms in total. The van der Waals surface area contributed by atoms with Gasteiger partial charge in [0.1, 0.15) is 23.9 Å². The molecule has 0 aliphatic rings. The molecule has 4 amide bonds. The second kappa shape index (κ2) is 14.0. The van der Waals surface area contributed by atoms with Crippen LogP contribution >= 0.6 is 11.8 Å². The third-order valence-corrected chi connectivity index (χ3v) is 5.90. The van der Waals surface area contributed by atoms with E-state index < -0.39 is 35.8 Å². The topological polar surface area (TPSA) is 151 Å². The molecular weight excluding hydrogens is 468 g/mol. The van der Waals surface area contributed by atoms with Crippen molar-refractivity contribution in [3.63, 3.8) is 0 Å². The van der Waals surface area contributed by atoms with Crippen molar-refractivity contribution >= 4 is 35.4 Å². The largest absolute Gasteiger partial charge is 0.508 e. The molecule has 188 valence electrons. The third-order valence-electron chi connectivity index (χ3n) is 5.26. The van der Waals surface area contributed by atoms with Crippen molar-refractivity contribution in [1.29, 1.82) is 0 Å². The summed E-state index contributed by atoms with van der Waals surface area (Å²) in [6.45, 7) is 1.31. The van der Waals surface area contributed by atoms with Crippen LogP contribution < -0.4 is 21.7 Å². The van der Waals surface area contributed by atoms with Crippen LogP contribution in [0.25, 0.3) is 0 Å². The number of rotatable bonds is 13. The highest BCUT2D eigenvalue weighted by atomic mass is 32.2. The normalized spacial score (nSPS) is 13.2. The van der Waals surface area contributed by atoms with E-state index in [0.29, 0.717) is 17.7 Å². The summed E-state index contributed by atoms with van der Waals surface area (Å²) in [5, 5.41) is 17.6. The van der Waals surface area contributed by atoms with Crippen LogP contribution in [-0.4, -0.2) is 58.9 Å². The predicted octanol–water partition coefficient (Wildman–Crippen LogP) is 0.890. The molecule has 2 aromatic rings. The van der Waals surface area contributed by atoms with E-state index in [1.54, 1.807) is 12.1 Å². The quantitative estimate of drug-likeness (QED) is 0.276. The summed E-state index contributed by atoms with van der Waals surface area (Å²) < 4.78 is 0. The standard InChI is InChI=1S/C25H32N4O5S/c1-16(30)27-21(14-17-6-4-3-5-7-17)24(33)29-22(15-18-8-10-19(31)11-9-18)25(34)28-20(23(26)32)12-13-35-2/h3-11,20-22,31H,12-15H2,1-2H3,(H2,26,32)(H,27,30)(H,28,34)(H,29,33)/t20-,21-,22-/m0/s1. The van der Waals surface area contributed by atoms with Crippen LogP contribution in [0.2, 0.25) is 0 Å². The first-order chi connectivity index (χ1) is 16.7. The van der Waals surface area contributed by atoms with Gasteiger partial charge in [0, 0.05) is 19.8 Å². The molecule has 0 spiro atoms. The minimum Gasteiger partial charge on any atom is -0.508 e. The number of primary amides is 1. The summed E-state index contributed by atoms with van der Waals surface area (Å²) >= 11 is 1.52. The Bertz CT molecular complexity index is 1000. The number of thioether (sulfide) groups is 1. The number of phenolic OH excluding ortho intramolecular Hbond substituents is 1. The Balaban J connectivity index is 2.24. The van der Waals surface area contributed by atoms with Crippen molar-refractivity contribution in [3.05, 3.63) is 65.7 Å². The van der Waals surface area contributed by atoms with E-state index in [2.05, 4.69) is 16.0 Å². The van der Waals surface area contributed by atoms with Crippen molar-refractivity contribution in [2.24, 2.45) is 5.73 Å². The molecule has 2 rings (SSSR count). The number of benzene rings is 2. The van der Waals surface area contributed by atoms with Gasteiger partial charge in [-0.2, -0.15) is 11.8 Å². The zero-order valence-electron chi connectivity index (χ0n) is 19.8. The number of aromatic hydroxyl groups is 1. The lowest BCUT2D eigenvalue weighted by molar-refractivity contribution is -0.133. The Hall–Kier alpha value is -3.53. The molecule has 0 saturated heterocycles. The van der Waals surface area contributed by atoms with E-state index >= 15 is 0 Å². The number of phenols is 1. The van der Waals surface area contributed by atoms with E-state index in [9.17, 15) is 24.3 Å². The third kappa shape index (κ3) is 9.70. The van der Waals surface area contributed by atoms with E-state index in [0.717, 1.165) is 5.56 Å². The van der Waals surface area contributed by atoms with Gasteiger partial charge >= 0.3 is 0 Å². The molecule has 3 atom stereocenters. The van der Waals surface area contributed by atoms with E-state index in [4.69, 9.17) is 5.73 Å². The highest BCUT2D eigenvalue weighted by molar-refractivity contribution is 7.98. The summed E-state index contributed by atoms with van der Waals surface area (Å²) in [6.07, 6.45) is 2.56. The van der Waals surface area contributed by atoms with Gasteiger partial charge in [-0.1, -0.05) is 42.5 Å². The van der Waals surface area contributed by atoms with Crippen molar-refractivity contribution in [3.8, 4) is 5.75 Å². The molecule has 0 bridgehead atoms. The molecule has 0 aromatic heterocycles. The number of nitrogens with one attached hydrogen (secondary N) is 3. The van der Waals surface area contributed by atoms with E-state index in [1.807, 2.05) is 36.6 Å². The maximum Gasteiger partial charge on any atom is 0.243 e. The van der Waals surface area contributed by atoms with E-state index in [1.165, 1.54) is 30.8 Å². The zero-order chi connectivity index (χ0) is 25.8. The van der Waals surface area contributed by atoms with Crippen LogP contribution in [0.3, 0.4) is 0 Å². The van der Waals surface area contributed by atoms with Crippen LogP contribution in [0.1, 0.15) is 24.5 Å². The molecule has 2 aromatic carbocycles. The van der Waals surface area contributed by atoms with Gasteiger partial charge in [-0.15, -0.1) is 0 Å². The fourth-order valence-electron chi connectivity index (χ4n) is 3.45. The van der Waals surface area contributed by atoms with Crippen molar-refractivity contribution in [2.45, 2.75) is 44.3 Å². The number of hydrogen-bond acceptors (Lipinski definition) is 6.